The molecule has 8 rings (SSSR count). The number of hydrogen-bond donors (Lipinski definition) is 4. The van der Waals surface area contributed by atoms with E-state index in [-0.39, 0.29) is 41.8 Å². The predicted molar refractivity (Wildman–Crippen MR) is 217 cm³/mol. The lowest BCUT2D eigenvalue weighted by Crippen LogP contribution is -2.54. The normalized spacial score (nSPS) is 21.8. The largest absolute Gasteiger partial charge is 0.453 e. The number of imidazole rings is 2. The molecule has 2 bridgehead atoms. The third-order valence-corrected chi connectivity index (χ3v) is 12.7. The van der Waals surface area contributed by atoms with Crippen molar-refractivity contribution in [2.75, 3.05) is 20.8 Å². The van der Waals surface area contributed by atoms with Crippen molar-refractivity contribution < 1.29 is 28.7 Å². The minimum absolute atomic E-state index is 0.0855. The first-order valence-corrected chi connectivity index (χ1v) is 20.6. The van der Waals surface area contributed by atoms with Gasteiger partial charge in [0, 0.05) is 12.6 Å². The van der Waals surface area contributed by atoms with Gasteiger partial charge in [-0.05, 0) is 108 Å². The Morgan fingerprint density at radius 2 is 1.29 bits per heavy atom. The Labute approximate surface area is 338 Å². The maximum atomic E-state index is 14.0. The standard InChI is InChI=1S/C44H54N8O6/c1-23(2)36(49-43(55)57-5)41(53)51-17-7-8-35(51)39-45-21-33(47-39)27-12-15-31-25(18-27)9-10-26-19-28(13-16-32(26)31)34-22-46-40(48-34)38-29-11-14-30(20-29)52(38)42(54)37(24(3)4)50-44(56)58-6/h12-13,15-16,18-19,21-24,29-30,35-38H,7-11,14,17,20H2,1-6H3,(H,45,47)(H,46,48)(H,49,55)(H,50,56)/t29-,30+,35-,36-,37-,38-/m0/s1. The van der Waals surface area contributed by atoms with Crippen LogP contribution in [0, 0.1) is 17.8 Å². The third-order valence-electron chi connectivity index (χ3n) is 12.7. The van der Waals surface area contributed by atoms with Gasteiger partial charge in [0.1, 0.15) is 23.7 Å². The molecular formula is C44H54N8O6. The van der Waals surface area contributed by atoms with Gasteiger partial charge in [-0.25, -0.2) is 19.6 Å². The van der Waals surface area contributed by atoms with Crippen LogP contribution >= 0.6 is 0 Å². The van der Waals surface area contributed by atoms with Crippen LogP contribution in [-0.2, 0) is 31.9 Å². The van der Waals surface area contributed by atoms with Gasteiger partial charge < -0.3 is 39.9 Å². The van der Waals surface area contributed by atoms with E-state index >= 15 is 0 Å². The quantitative estimate of drug-likeness (QED) is 0.137. The molecule has 6 atom stereocenters. The molecule has 2 aromatic heterocycles. The summed E-state index contributed by atoms with van der Waals surface area (Å²) in [7, 11) is 2.61. The Morgan fingerprint density at radius 1 is 0.741 bits per heavy atom. The zero-order valence-corrected chi connectivity index (χ0v) is 34.1. The molecule has 58 heavy (non-hydrogen) atoms. The fraction of sp³-hybridized carbons (Fsp3) is 0.500. The molecule has 4 aromatic rings. The van der Waals surface area contributed by atoms with Gasteiger partial charge in [-0.2, -0.15) is 0 Å². The number of aromatic nitrogens is 4. The number of aromatic amines is 2. The number of carbonyl (C=O) groups excluding carboxylic acids is 4. The number of ether oxygens (including phenoxy) is 2. The molecule has 2 aromatic carbocycles. The number of methoxy groups -OCH3 is 2. The van der Waals surface area contributed by atoms with E-state index in [1.165, 1.54) is 36.5 Å². The number of likely N-dealkylation sites (tertiary alicyclic amines) is 2. The highest BCUT2D eigenvalue weighted by molar-refractivity contribution is 5.87. The number of amides is 4. The fourth-order valence-electron chi connectivity index (χ4n) is 9.73. The third kappa shape index (κ3) is 7.21. The molecule has 14 nitrogen and oxygen atoms in total. The highest BCUT2D eigenvalue weighted by atomic mass is 16.5. The van der Waals surface area contributed by atoms with Gasteiger partial charge >= 0.3 is 12.2 Å². The number of alkyl carbamates (subject to hydrolysis) is 2. The molecular weight excluding hydrogens is 737 g/mol. The molecule has 4 amide bonds. The van der Waals surface area contributed by atoms with E-state index in [1.807, 2.05) is 49.9 Å². The second-order valence-electron chi connectivity index (χ2n) is 16.9. The van der Waals surface area contributed by atoms with E-state index in [2.05, 4.69) is 57.0 Å². The summed E-state index contributed by atoms with van der Waals surface area (Å²) in [5, 5.41) is 5.48. The summed E-state index contributed by atoms with van der Waals surface area (Å²) in [5.74, 6) is 1.43. The highest BCUT2D eigenvalue weighted by Crippen LogP contribution is 2.50. The second-order valence-corrected chi connectivity index (χ2v) is 16.9. The molecule has 306 valence electrons. The zero-order valence-electron chi connectivity index (χ0n) is 34.1. The summed E-state index contributed by atoms with van der Waals surface area (Å²) in [6.07, 6.45) is 8.87. The first-order valence-electron chi connectivity index (χ1n) is 20.6. The molecule has 14 heteroatoms. The molecule has 4 heterocycles. The summed E-state index contributed by atoms with van der Waals surface area (Å²) in [6, 6.07) is 11.5. The molecule has 4 N–H and O–H groups in total. The van der Waals surface area contributed by atoms with E-state index in [1.54, 1.807) is 0 Å². The number of benzene rings is 2. The van der Waals surface area contributed by atoms with Crippen molar-refractivity contribution in [3.05, 3.63) is 71.6 Å². The van der Waals surface area contributed by atoms with Crippen molar-refractivity contribution in [3.8, 4) is 33.6 Å². The lowest BCUT2D eigenvalue weighted by molar-refractivity contribution is -0.139. The Hall–Kier alpha value is -5.66. The summed E-state index contributed by atoms with van der Waals surface area (Å²) >= 11 is 0. The van der Waals surface area contributed by atoms with Crippen molar-refractivity contribution >= 4 is 24.0 Å². The van der Waals surface area contributed by atoms with Crippen LogP contribution in [0.4, 0.5) is 9.59 Å². The molecule has 0 spiro atoms. The van der Waals surface area contributed by atoms with Crippen LogP contribution in [0.15, 0.2) is 48.8 Å². The Balaban J connectivity index is 0.983. The molecule has 2 aliphatic carbocycles. The number of H-pyrrole nitrogens is 2. The monoisotopic (exact) mass is 790 g/mol. The van der Waals surface area contributed by atoms with Crippen LogP contribution in [0.25, 0.3) is 33.6 Å². The first kappa shape index (κ1) is 39.2. The van der Waals surface area contributed by atoms with E-state index in [9.17, 15) is 19.2 Å². The summed E-state index contributed by atoms with van der Waals surface area (Å²) in [6.45, 7) is 8.29. The molecule has 2 aliphatic heterocycles. The van der Waals surface area contributed by atoms with Crippen molar-refractivity contribution in [1.29, 1.82) is 0 Å². The van der Waals surface area contributed by atoms with Gasteiger partial charge in [-0.1, -0.05) is 52.0 Å². The first-order chi connectivity index (χ1) is 27.9. The van der Waals surface area contributed by atoms with Crippen LogP contribution in [0.1, 0.15) is 94.7 Å². The Bertz CT molecular complexity index is 2210. The van der Waals surface area contributed by atoms with E-state index in [0.29, 0.717) is 12.5 Å². The van der Waals surface area contributed by atoms with Crippen LogP contribution in [0.5, 0.6) is 0 Å². The van der Waals surface area contributed by atoms with Crippen LogP contribution in [-0.4, -0.2) is 92.6 Å². The number of piperidine rings is 1. The lowest BCUT2D eigenvalue weighted by atomic mass is 9.83. The maximum absolute atomic E-state index is 14.0. The number of nitrogens with zero attached hydrogens (tertiary/aromatic N) is 4. The molecule has 2 saturated heterocycles. The average molecular weight is 791 g/mol. The van der Waals surface area contributed by atoms with Gasteiger partial charge in [0.25, 0.3) is 0 Å². The van der Waals surface area contributed by atoms with E-state index in [4.69, 9.17) is 19.4 Å². The molecule has 1 saturated carbocycles. The van der Waals surface area contributed by atoms with Crippen molar-refractivity contribution in [1.82, 2.24) is 40.4 Å². The van der Waals surface area contributed by atoms with E-state index in [0.717, 1.165) is 79.1 Å². The number of aryl methyl sites for hydroxylation is 2. The van der Waals surface area contributed by atoms with Crippen LogP contribution < -0.4 is 10.6 Å². The van der Waals surface area contributed by atoms with Gasteiger partial charge in [-0.3, -0.25) is 9.59 Å². The summed E-state index contributed by atoms with van der Waals surface area (Å²) in [5.41, 5.74) is 8.88. The molecule has 4 aliphatic rings. The average Bonchev–Trinajstić information content (AvgIpc) is 4.09. The van der Waals surface area contributed by atoms with Crippen LogP contribution in [0.3, 0.4) is 0 Å². The van der Waals surface area contributed by atoms with Gasteiger partial charge in [0.2, 0.25) is 11.8 Å². The summed E-state index contributed by atoms with van der Waals surface area (Å²) in [4.78, 5) is 72.3. The number of hydrogen-bond acceptors (Lipinski definition) is 8. The van der Waals surface area contributed by atoms with Crippen molar-refractivity contribution in [2.24, 2.45) is 17.8 Å². The predicted octanol–water partition coefficient (Wildman–Crippen LogP) is 6.71. The SMILES string of the molecule is COC(=O)N[C@H](C(=O)N1CCC[C@H]1c1ncc(-c2ccc3c(c2)CCc2cc(-c4cnc([C@@H]5[C@H]6CC[C@H](C6)N5C(=O)[C@@H](NC(=O)OC)C(C)C)[nH]4)ccc2-3)[nH]1)C(C)C. The fourth-order valence-corrected chi connectivity index (χ4v) is 9.73. The Kier molecular flexibility index (Phi) is 10.8. The smallest absolute Gasteiger partial charge is 0.407 e. The maximum Gasteiger partial charge on any atom is 0.407 e. The van der Waals surface area contributed by atoms with E-state index < -0.39 is 24.3 Å². The number of nitrogens with one attached hydrogen (secondary N) is 4. The Morgan fingerprint density at radius 3 is 1.86 bits per heavy atom. The second kappa shape index (κ2) is 15.9. The lowest BCUT2D eigenvalue weighted by Gasteiger charge is -2.37. The van der Waals surface area contributed by atoms with Gasteiger partial charge in [0.05, 0.1) is 50.1 Å². The number of fused-ring (bicyclic) bond motifs is 5. The number of carbonyl (C=O) groups is 4. The molecule has 0 radical (unpaired) electrons. The van der Waals surface area contributed by atoms with Crippen molar-refractivity contribution in [2.45, 2.75) is 103 Å². The van der Waals surface area contributed by atoms with Crippen LogP contribution in [0.2, 0.25) is 0 Å². The minimum Gasteiger partial charge on any atom is -0.453 e. The molecule has 0 unspecified atom stereocenters. The molecule has 3 fully saturated rings. The van der Waals surface area contributed by atoms with Gasteiger partial charge in [0.15, 0.2) is 0 Å². The highest BCUT2D eigenvalue weighted by Gasteiger charge is 2.51. The minimum atomic E-state index is -0.684. The van der Waals surface area contributed by atoms with Gasteiger partial charge in [-0.15, -0.1) is 0 Å². The summed E-state index contributed by atoms with van der Waals surface area (Å²) < 4.78 is 9.61. The number of rotatable bonds is 10. The zero-order chi connectivity index (χ0) is 40.8. The van der Waals surface area contributed by atoms with Crippen molar-refractivity contribution in [3.63, 3.8) is 0 Å². The topological polar surface area (TPSA) is 175 Å².